The van der Waals surface area contributed by atoms with Gasteiger partial charge in [0.2, 0.25) is 0 Å². The van der Waals surface area contributed by atoms with Gasteiger partial charge in [0.15, 0.2) is 0 Å². The highest BCUT2D eigenvalue weighted by Crippen LogP contribution is 2.21. The van der Waals surface area contributed by atoms with E-state index in [4.69, 9.17) is 9.47 Å². The van der Waals surface area contributed by atoms with Crippen LogP contribution in [-0.2, 0) is 19.1 Å². The Hall–Kier alpha value is -1.32. The fourth-order valence-electron chi connectivity index (χ4n) is 1.72. The van der Waals surface area contributed by atoms with Crippen LogP contribution in [0.5, 0.6) is 0 Å². The van der Waals surface area contributed by atoms with E-state index < -0.39 is 5.41 Å². The summed E-state index contributed by atoms with van der Waals surface area (Å²) in [5.41, 5.74) is 0.280. The van der Waals surface area contributed by atoms with E-state index in [9.17, 15) is 9.59 Å². The second kappa shape index (κ2) is 7.31. The Bertz CT molecular complexity index is 355. The van der Waals surface area contributed by atoms with Gasteiger partial charge in [0.25, 0.3) is 0 Å². The smallest absolute Gasteiger partial charge is 0.333 e. The van der Waals surface area contributed by atoms with Crippen LogP contribution in [0.4, 0.5) is 0 Å². The van der Waals surface area contributed by atoms with Gasteiger partial charge in [-0.05, 0) is 46.0 Å². The van der Waals surface area contributed by atoms with Crippen molar-refractivity contribution >= 4 is 11.9 Å². The molecule has 4 heteroatoms. The summed E-state index contributed by atoms with van der Waals surface area (Å²) in [5, 5.41) is 0. The molecule has 0 saturated heterocycles. The van der Waals surface area contributed by atoms with Crippen LogP contribution in [0.25, 0.3) is 0 Å². The molecule has 0 bridgehead atoms. The Labute approximate surface area is 115 Å². The van der Waals surface area contributed by atoms with Crippen molar-refractivity contribution in [3.8, 4) is 0 Å². The minimum Gasteiger partial charge on any atom is -0.462 e. The molecule has 0 heterocycles. The van der Waals surface area contributed by atoms with E-state index in [0.717, 1.165) is 37.7 Å². The van der Waals surface area contributed by atoms with Crippen molar-refractivity contribution in [1.29, 1.82) is 0 Å². The van der Waals surface area contributed by atoms with Crippen LogP contribution in [0.15, 0.2) is 11.6 Å². The molecule has 1 rings (SSSR count). The van der Waals surface area contributed by atoms with Crippen LogP contribution in [0, 0.1) is 5.41 Å². The molecule has 0 aromatic carbocycles. The predicted molar refractivity (Wildman–Crippen MR) is 72.5 cm³/mol. The molecular weight excluding hydrogens is 244 g/mol. The van der Waals surface area contributed by atoms with Gasteiger partial charge in [-0.2, -0.15) is 0 Å². The maximum absolute atomic E-state index is 11.7. The zero-order valence-corrected chi connectivity index (χ0v) is 12.2. The molecule has 1 aliphatic carbocycles. The largest absolute Gasteiger partial charge is 0.462 e. The summed E-state index contributed by atoms with van der Waals surface area (Å²) < 4.78 is 10.2. The maximum atomic E-state index is 11.7. The summed E-state index contributed by atoms with van der Waals surface area (Å²) in [6, 6.07) is 0. The zero-order chi connectivity index (χ0) is 14.3. The molecule has 108 valence electrons. The second-order valence-electron chi connectivity index (χ2n) is 5.48. The summed E-state index contributed by atoms with van der Waals surface area (Å²) in [6.07, 6.45) is 6.59. The van der Waals surface area contributed by atoms with Crippen LogP contribution in [0.2, 0.25) is 0 Å². The fourth-order valence-corrected chi connectivity index (χ4v) is 1.72. The van der Waals surface area contributed by atoms with Gasteiger partial charge in [-0.15, -0.1) is 0 Å². The number of carbonyl (C=O) groups excluding carboxylic acids is 2. The minimum absolute atomic E-state index is 0.126. The molecule has 0 N–H and O–H groups in total. The summed E-state index contributed by atoms with van der Waals surface area (Å²) in [6.45, 7) is 5.88. The zero-order valence-electron chi connectivity index (χ0n) is 12.2. The number of carbonyl (C=O) groups is 2. The van der Waals surface area contributed by atoms with Crippen molar-refractivity contribution < 1.29 is 19.1 Å². The van der Waals surface area contributed by atoms with Crippen LogP contribution in [-0.4, -0.2) is 25.2 Å². The SMILES string of the molecule is CCC(C)(C)C(=O)OCCOC(=O)C1=CCCCC1. The lowest BCUT2D eigenvalue weighted by atomic mass is 9.91. The Morgan fingerprint density at radius 2 is 1.89 bits per heavy atom. The monoisotopic (exact) mass is 268 g/mol. The molecule has 19 heavy (non-hydrogen) atoms. The van der Waals surface area contributed by atoms with Gasteiger partial charge in [-0.3, -0.25) is 4.79 Å². The normalized spacial score (nSPS) is 15.6. The van der Waals surface area contributed by atoms with E-state index in [2.05, 4.69) is 0 Å². The highest BCUT2D eigenvalue weighted by atomic mass is 16.6. The molecule has 0 aromatic rings. The molecule has 0 aromatic heterocycles. The quantitative estimate of drug-likeness (QED) is 0.549. The Kier molecular flexibility index (Phi) is 6.06. The first-order valence-corrected chi connectivity index (χ1v) is 7.00. The predicted octanol–water partition coefficient (Wildman–Crippen LogP) is 3.01. The molecule has 1 aliphatic rings. The molecule has 0 spiro atoms. The minimum atomic E-state index is -0.476. The standard InChI is InChI=1S/C15H24O4/c1-4-15(2,3)14(17)19-11-10-18-13(16)12-8-6-5-7-9-12/h8H,4-7,9-11H2,1-3H3. The molecule has 0 fully saturated rings. The topological polar surface area (TPSA) is 52.6 Å². The Balaban J connectivity index is 2.22. The molecule has 0 amide bonds. The van der Waals surface area contributed by atoms with Crippen LogP contribution in [0.3, 0.4) is 0 Å². The first-order valence-electron chi connectivity index (χ1n) is 7.00. The average Bonchev–Trinajstić information content (AvgIpc) is 2.43. The lowest BCUT2D eigenvalue weighted by molar-refractivity contribution is -0.158. The van der Waals surface area contributed by atoms with E-state index >= 15 is 0 Å². The summed E-state index contributed by atoms with van der Waals surface area (Å²) >= 11 is 0. The summed E-state index contributed by atoms with van der Waals surface area (Å²) in [4.78, 5) is 23.3. The van der Waals surface area contributed by atoms with Crippen LogP contribution in [0.1, 0.15) is 52.9 Å². The van der Waals surface area contributed by atoms with E-state index in [1.165, 1.54) is 0 Å². The Morgan fingerprint density at radius 1 is 1.21 bits per heavy atom. The van der Waals surface area contributed by atoms with Crippen molar-refractivity contribution in [3.05, 3.63) is 11.6 Å². The third-order valence-corrected chi connectivity index (χ3v) is 3.54. The van der Waals surface area contributed by atoms with Gasteiger partial charge in [-0.25, -0.2) is 4.79 Å². The number of rotatable bonds is 6. The first kappa shape index (κ1) is 15.7. The van der Waals surface area contributed by atoms with Gasteiger partial charge in [-0.1, -0.05) is 13.0 Å². The molecule has 0 radical (unpaired) electrons. The third-order valence-electron chi connectivity index (χ3n) is 3.54. The van der Waals surface area contributed by atoms with Crippen molar-refractivity contribution in [3.63, 3.8) is 0 Å². The van der Waals surface area contributed by atoms with E-state index in [1.807, 2.05) is 26.8 Å². The molecular formula is C15H24O4. The summed E-state index contributed by atoms with van der Waals surface area (Å²) in [5.74, 6) is -0.520. The molecule has 0 atom stereocenters. The second-order valence-corrected chi connectivity index (χ2v) is 5.48. The average molecular weight is 268 g/mol. The van der Waals surface area contributed by atoms with Crippen molar-refractivity contribution in [2.24, 2.45) is 5.41 Å². The lowest BCUT2D eigenvalue weighted by Gasteiger charge is -2.20. The van der Waals surface area contributed by atoms with E-state index in [0.29, 0.717) is 0 Å². The van der Waals surface area contributed by atoms with Gasteiger partial charge in [0.1, 0.15) is 13.2 Å². The van der Waals surface area contributed by atoms with Gasteiger partial charge >= 0.3 is 11.9 Å². The van der Waals surface area contributed by atoms with Gasteiger partial charge in [0, 0.05) is 5.57 Å². The maximum Gasteiger partial charge on any atom is 0.333 e. The first-order chi connectivity index (χ1) is 8.97. The van der Waals surface area contributed by atoms with Crippen molar-refractivity contribution in [2.75, 3.05) is 13.2 Å². The number of hydrogen-bond acceptors (Lipinski definition) is 4. The van der Waals surface area contributed by atoms with Crippen LogP contribution >= 0.6 is 0 Å². The number of esters is 2. The van der Waals surface area contributed by atoms with Crippen molar-refractivity contribution in [2.45, 2.75) is 52.9 Å². The molecule has 0 saturated carbocycles. The van der Waals surface area contributed by atoms with E-state index in [-0.39, 0.29) is 25.2 Å². The van der Waals surface area contributed by atoms with Crippen LogP contribution < -0.4 is 0 Å². The number of ether oxygens (including phenoxy) is 2. The number of hydrogen-bond donors (Lipinski definition) is 0. The molecule has 0 aliphatic heterocycles. The fraction of sp³-hybridized carbons (Fsp3) is 0.733. The molecule has 0 unspecified atom stereocenters. The highest BCUT2D eigenvalue weighted by Gasteiger charge is 2.26. The van der Waals surface area contributed by atoms with Gasteiger partial charge < -0.3 is 9.47 Å². The van der Waals surface area contributed by atoms with Crippen molar-refractivity contribution in [1.82, 2.24) is 0 Å². The third kappa shape index (κ3) is 5.05. The molecule has 4 nitrogen and oxygen atoms in total. The Morgan fingerprint density at radius 3 is 2.47 bits per heavy atom. The van der Waals surface area contributed by atoms with Gasteiger partial charge in [0.05, 0.1) is 5.41 Å². The highest BCUT2D eigenvalue weighted by molar-refractivity contribution is 5.88. The summed E-state index contributed by atoms with van der Waals surface area (Å²) in [7, 11) is 0. The lowest BCUT2D eigenvalue weighted by Crippen LogP contribution is -2.27. The van der Waals surface area contributed by atoms with E-state index in [1.54, 1.807) is 0 Å². The number of allylic oxidation sites excluding steroid dienone is 1.